The summed E-state index contributed by atoms with van der Waals surface area (Å²) in [5.74, 6) is -0.497. The van der Waals surface area contributed by atoms with Crippen LogP contribution in [0.1, 0.15) is 6.42 Å². The molecule has 0 heterocycles. The number of sulfonamides is 1. The molecule has 0 bridgehead atoms. The van der Waals surface area contributed by atoms with Crippen LogP contribution < -0.4 is 14.8 Å². The molecular formula is C11H15BrClF3N2O3S. The average molecular weight is 428 g/mol. The maximum absolute atomic E-state index is 12.1. The van der Waals surface area contributed by atoms with Gasteiger partial charge in [0, 0.05) is 11.0 Å². The molecule has 0 aliphatic carbocycles. The molecule has 0 saturated carbocycles. The molecule has 5 nitrogen and oxygen atoms in total. The maximum Gasteiger partial charge on any atom is 0.573 e. The summed E-state index contributed by atoms with van der Waals surface area (Å²) in [5, 5.41) is 2.87. The number of rotatable bonds is 7. The summed E-state index contributed by atoms with van der Waals surface area (Å²) in [4.78, 5) is -0.151. The second-order valence-electron chi connectivity index (χ2n) is 3.99. The minimum atomic E-state index is -4.83. The number of ether oxygens (including phenoxy) is 1. The standard InChI is InChI=1S/C11H14BrF3N2O3S.ClH/c1-16-5-2-6-17-21(18,19)10-4-3-8(7-9(10)12)20-11(13,14)15;/h3-4,7,16-17H,2,5-6H2,1H3;1H. The lowest BCUT2D eigenvalue weighted by molar-refractivity contribution is -0.274. The molecule has 0 aliphatic rings. The Labute approximate surface area is 141 Å². The zero-order valence-electron chi connectivity index (χ0n) is 11.4. The highest BCUT2D eigenvalue weighted by Gasteiger charge is 2.31. The fraction of sp³-hybridized carbons (Fsp3) is 0.455. The van der Waals surface area contributed by atoms with E-state index in [0.717, 1.165) is 18.2 Å². The first-order chi connectivity index (χ1) is 9.65. The highest BCUT2D eigenvalue weighted by molar-refractivity contribution is 9.10. The van der Waals surface area contributed by atoms with Crippen LogP contribution in [0.3, 0.4) is 0 Å². The van der Waals surface area contributed by atoms with Gasteiger partial charge in [0.15, 0.2) is 0 Å². The molecule has 0 radical (unpaired) electrons. The van der Waals surface area contributed by atoms with Crippen LogP contribution in [0.5, 0.6) is 5.75 Å². The van der Waals surface area contributed by atoms with Crippen molar-refractivity contribution in [3.63, 3.8) is 0 Å². The van der Waals surface area contributed by atoms with Crippen molar-refractivity contribution in [2.75, 3.05) is 20.1 Å². The summed E-state index contributed by atoms with van der Waals surface area (Å²) >= 11 is 2.93. The van der Waals surface area contributed by atoms with Crippen molar-refractivity contribution in [2.45, 2.75) is 17.7 Å². The predicted octanol–water partition coefficient (Wildman–Crippen LogP) is 2.66. The Hall–Kier alpha value is -0.550. The molecule has 0 aliphatic heterocycles. The van der Waals surface area contributed by atoms with Gasteiger partial charge in [-0.3, -0.25) is 0 Å². The third kappa shape index (κ3) is 7.14. The van der Waals surface area contributed by atoms with Gasteiger partial charge in [0.2, 0.25) is 10.0 Å². The number of hydrogen-bond acceptors (Lipinski definition) is 4. The molecule has 1 aromatic carbocycles. The Morgan fingerprint density at radius 3 is 2.41 bits per heavy atom. The van der Waals surface area contributed by atoms with Gasteiger partial charge in [-0.2, -0.15) is 0 Å². The Bertz CT molecular complexity index is 584. The molecule has 0 spiro atoms. The van der Waals surface area contributed by atoms with Crippen LogP contribution in [0, 0.1) is 0 Å². The number of nitrogens with one attached hydrogen (secondary N) is 2. The highest BCUT2D eigenvalue weighted by atomic mass is 79.9. The molecule has 0 saturated heterocycles. The number of halogens is 5. The topological polar surface area (TPSA) is 67.4 Å². The molecule has 128 valence electrons. The van der Waals surface area contributed by atoms with Crippen LogP contribution in [0.2, 0.25) is 0 Å². The molecule has 1 aromatic rings. The summed E-state index contributed by atoms with van der Waals surface area (Å²) in [7, 11) is -2.05. The monoisotopic (exact) mass is 426 g/mol. The van der Waals surface area contributed by atoms with E-state index in [1.165, 1.54) is 0 Å². The van der Waals surface area contributed by atoms with Gasteiger partial charge in [-0.25, -0.2) is 13.1 Å². The van der Waals surface area contributed by atoms with E-state index in [1.807, 2.05) is 0 Å². The zero-order valence-corrected chi connectivity index (χ0v) is 14.6. The van der Waals surface area contributed by atoms with Crippen LogP contribution in [-0.2, 0) is 10.0 Å². The van der Waals surface area contributed by atoms with Gasteiger partial charge in [-0.1, -0.05) is 0 Å². The molecule has 2 N–H and O–H groups in total. The molecule has 0 amide bonds. The van der Waals surface area contributed by atoms with Crippen molar-refractivity contribution in [1.29, 1.82) is 0 Å². The molecule has 0 fully saturated rings. The van der Waals surface area contributed by atoms with Crippen molar-refractivity contribution in [1.82, 2.24) is 10.0 Å². The molecule has 0 aromatic heterocycles. The molecular weight excluding hydrogens is 413 g/mol. The number of benzene rings is 1. The first kappa shape index (κ1) is 21.4. The van der Waals surface area contributed by atoms with E-state index in [9.17, 15) is 21.6 Å². The summed E-state index contributed by atoms with van der Waals surface area (Å²) in [5.41, 5.74) is 0. The molecule has 22 heavy (non-hydrogen) atoms. The number of alkyl halides is 3. The SMILES string of the molecule is CNCCCNS(=O)(=O)c1ccc(OC(F)(F)F)cc1Br.Cl. The van der Waals surface area contributed by atoms with E-state index in [4.69, 9.17) is 0 Å². The second-order valence-corrected chi connectivity index (χ2v) is 6.58. The Morgan fingerprint density at radius 1 is 1.27 bits per heavy atom. The Balaban J connectivity index is 0.00000441. The zero-order chi connectivity index (χ0) is 16.1. The van der Waals surface area contributed by atoms with E-state index in [1.54, 1.807) is 7.05 Å². The smallest absolute Gasteiger partial charge is 0.406 e. The van der Waals surface area contributed by atoms with Crippen LogP contribution in [0.4, 0.5) is 13.2 Å². The molecule has 11 heteroatoms. The van der Waals surface area contributed by atoms with Gasteiger partial charge in [-0.05, 0) is 54.1 Å². The third-order valence-electron chi connectivity index (χ3n) is 2.32. The van der Waals surface area contributed by atoms with Gasteiger partial charge in [0.1, 0.15) is 5.75 Å². The van der Waals surface area contributed by atoms with E-state index in [0.29, 0.717) is 13.0 Å². The van der Waals surface area contributed by atoms with Gasteiger partial charge < -0.3 is 10.1 Å². The van der Waals surface area contributed by atoms with Crippen LogP contribution in [0.15, 0.2) is 27.6 Å². The summed E-state index contributed by atoms with van der Waals surface area (Å²) in [6.45, 7) is 0.860. The van der Waals surface area contributed by atoms with Crippen molar-refractivity contribution < 1.29 is 26.3 Å². The fourth-order valence-corrected chi connectivity index (χ4v) is 3.57. The lowest BCUT2D eigenvalue weighted by atomic mass is 10.3. The summed E-state index contributed by atoms with van der Waals surface area (Å²) in [6.07, 6.45) is -4.24. The van der Waals surface area contributed by atoms with Gasteiger partial charge in [-0.15, -0.1) is 25.6 Å². The fourth-order valence-electron chi connectivity index (χ4n) is 1.45. The van der Waals surface area contributed by atoms with Crippen LogP contribution in [-0.4, -0.2) is 34.9 Å². The maximum atomic E-state index is 12.1. The summed E-state index contributed by atoms with van der Waals surface area (Å²) < 4.78 is 66.3. The average Bonchev–Trinajstić information content (AvgIpc) is 2.32. The quantitative estimate of drug-likeness (QED) is 0.657. The Kier molecular flexibility index (Phi) is 8.70. The highest BCUT2D eigenvalue weighted by Crippen LogP contribution is 2.29. The largest absolute Gasteiger partial charge is 0.573 e. The minimum absolute atomic E-state index is 0. The second kappa shape index (κ2) is 8.92. The first-order valence-corrected chi connectivity index (χ1v) is 8.13. The van der Waals surface area contributed by atoms with Crippen molar-refractivity contribution in [3.05, 3.63) is 22.7 Å². The normalized spacial score (nSPS) is 11.9. The van der Waals surface area contributed by atoms with Gasteiger partial charge in [0.05, 0.1) is 4.90 Å². The van der Waals surface area contributed by atoms with E-state index in [2.05, 4.69) is 30.7 Å². The van der Waals surface area contributed by atoms with Crippen molar-refractivity contribution in [3.8, 4) is 5.75 Å². The van der Waals surface area contributed by atoms with E-state index in [-0.39, 0.29) is 28.3 Å². The third-order valence-corrected chi connectivity index (χ3v) is 4.76. The van der Waals surface area contributed by atoms with Crippen molar-refractivity contribution >= 4 is 38.4 Å². The lowest BCUT2D eigenvalue weighted by Crippen LogP contribution is -2.27. The predicted molar refractivity (Wildman–Crippen MR) is 81.8 cm³/mol. The van der Waals surface area contributed by atoms with Crippen LogP contribution in [0.25, 0.3) is 0 Å². The van der Waals surface area contributed by atoms with Crippen LogP contribution >= 0.6 is 28.3 Å². The Morgan fingerprint density at radius 2 is 1.91 bits per heavy atom. The van der Waals surface area contributed by atoms with Gasteiger partial charge in [0.25, 0.3) is 0 Å². The van der Waals surface area contributed by atoms with Crippen molar-refractivity contribution in [2.24, 2.45) is 0 Å². The minimum Gasteiger partial charge on any atom is -0.406 e. The summed E-state index contributed by atoms with van der Waals surface area (Å²) in [6, 6.07) is 2.95. The van der Waals surface area contributed by atoms with E-state index < -0.39 is 22.1 Å². The van der Waals surface area contributed by atoms with Gasteiger partial charge >= 0.3 is 6.36 Å². The first-order valence-electron chi connectivity index (χ1n) is 5.85. The van der Waals surface area contributed by atoms with E-state index >= 15 is 0 Å². The molecule has 1 rings (SSSR count). The lowest BCUT2D eigenvalue weighted by Gasteiger charge is -2.12. The number of hydrogen-bond donors (Lipinski definition) is 2. The molecule has 0 atom stereocenters. The molecule has 0 unspecified atom stereocenters.